The van der Waals surface area contributed by atoms with Crippen LogP contribution in [0, 0.1) is 0 Å². The fourth-order valence-corrected chi connectivity index (χ4v) is 2.59. The molecule has 3 heteroatoms. The predicted molar refractivity (Wildman–Crippen MR) is 70.1 cm³/mol. The Balaban J connectivity index is 2.39. The average Bonchev–Trinajstić information content (AvgIpc) is 2.27. The van der Waals surface area contributed by atoms with E-state index in [9.17, 15) is 4.79 Å². The van der Waals surface area contributed by atoms with E-state index in [0.29, 0.717) is 12.2 Å². The average molecular weight is 248 g/mol. The minimum absolute atomic E-state index is 0.0233. The molecule has 1 atom stereocenters. The van der Waals surface area contributed by atoms with E-state index < -0.39 is 0 Å². The molecule has 0 spiro atoms. The van der Waals surface area contributed by atoms with Crippen molar-refractivity contribution in [1.82, 2.24) is 0 Å². The van der Waals surface area contributed by atoms with Crippen LogP contribution in [0.4, 0.5) is 0 Å². The summed E-state index contributed by atoms with van der Waals surface area (Å²) in [4.78, 5) is 11.7. The van der Waals surface area contributed by atoms with Gasteiger partial charge in [0.2, 0.25) is 0 Å². The van der Waals surface area contributed by atoms with Crippen LogP contribution >= 0.6 is 0 Å². The predicted octanol–water partition coefficient (Wildman–Crippen LogP) is 3.31. The number of carbonyl (C=O) groups excluding carboxylic acids is 1. The molecule has 0 amide bonds. The Morgan fingerprint density at radius 1 is 1.50 bits per heavy atom. The fraction of sp³-hybridized carbons (Fsp3) is 0.533. The third-order valence-electron chi connectivity index (χ3n) is 3.35. The Labute approximate surface area is 108 Å². The highest BCUT2D eigenvalue weighted by molar-refractivity contribution is 5.90. The van der Waals surface area contributed by atoms with Crippen molar-refractivity contribution in [2.45, 2.75) is 45.6 Å². The van der Waals surface area contributed by atoms with Crippen LogP contribution in [-0.2, 0) is 10.2 Å². The lowest BCUT2D eigenvalue weighted by molar-refractivity contribution is 0.0526. The first-order valence-electron chi connectivity index (χ1n) is 6.42. The molecule has 1 unspecified atom stereocenters. The molecule has 0 aliphatic carbocycles. The lowest BCUT2D eigenvalue weighted by atomic mass is 9.77. The molecule has 18 heavy (non-hydrogen) atoms. The summed E-state index contributed by atoms with van der Waals surface area (Å²) in [6.45, 7) is 8.64. The van der Waals surface area contributed by atoms with Crippen molar-refractivity contribution in [3.8, 4) is 5.75 Å². The maximum atomic E-state index is 11.7. The Kier molecular flexibility index (Phi) is 3.33. The number of carbonyl (C=O) groups is 1. The van der Waals surface area contributed by atoms with E-state index in [-0.39, 0.29) is 17.5 Å². The summed E-state index contributed by atoms with van der Waals surface area (Å²) < 4.78 is 10.8. The zero-order valence-electron chi connectivity index (χ0n) is 11.4. The normalized spacial score (nSPS) is 20.8. The van der Waals surface area contributed by atoms with Gasteiger partial charge >= 0.3 is 5.97 Å². The molecule has 98 valence electrons. The van der Waals surface area contributed by atoms with Crippen LogP contribution in [0.5, 0.6) is 5.75 Å². The molecule has 1 aliphatic rings. The van der Waals surface area contributed by atoms with Gasteiger partial charge in [-0.25, -0.2) is 4.79 Å². The minimum Gasteiger partial charge on any atom is -0.490 e. The summed E-state index contributed by atoms with van der Waals surface area (Å²) in [5.74, 6) is 0.613. The van der Waals surface area contributed by atoms with E-state index in [2.05, 4.69) is 20.8 Å². The maximum absolute atomic E-state index is 11.7. The summed E-state index contributed by atoms with van der Waals surface area (Å²) in [7, 11) is 0. The molecule has 0 saturated carbocycles. The van der Waals surface area contributed by atoms with Crippen LogP contribution in [0.15, 0.2) is 18.2 Å². The fourth-order valence-electron chi connectivity index (χ4n) is 2.59. The molecule has 0 aromatic heterocycles. The molecule has 0 bridgehead atoms. The van der Waals surface area contributed by atoms with Crippen molar-refractivity contribution in [2.75, 3.05) is 6.61 Å². The molecule has 0 saturated heterocycles. The highest BCUT2D eigenvalue weighted by Gasteiger charge is 2.33. The van der Waals surface area contributed by atoms with Crippen molar-refractivity contribution in [2.24, 2.45) is 0 Å². The van der Waals surface area contributed by atoms with Crippen LogP contribution in [0.2, 0.25) is 0 Å². The topological polar surface area (TPSA) is 35.5 Å². The van der Waals surface area contributed by atoms with Crippen molar-refractivity contribution in [3.63, 3.8) is 0 Å². The van der Waals surface area contributed by atoms with E-state index in [4.69, 9.17) is 9.47 Å². The van der Waals surface area contributed by atoms with Crippen LogP contribution < -0.4 is 4.74 Å². The standard InChI is InChI=1S/C15H20O3/c1-5-17-14(16)11-6-7-13-12(8-11)15(3,4)9-10(2)18-13/h6-8,10H,5,9H2,1-4H3. The second-order valence-corrected chi connectivity index (χ2v) is 5.45. The van der Waals surface area contributed by atoms with Gasteiger partial charge in [-0.05, 0) is 43.9 Å². The molecule has 0 radical (unpaired) electrons. The van der Waals surface area contributed by atoms with Crippen LogP contribution in [0.1, 0.15) is 50.0 Å². The van der Waals surface area contributed by atoms with Gasteiger partial charge in [-0.15, -0.1) is 0 Å². The summed E-state index contributed by atoms with van der Waals surface area (Å²) in [5.41, 5.74) is 1.71. The van der Waals surface area contributed by atoms with Gasteiger partial charge in [0.25, 0.3) is 0 Å². The first kappa shape index (κ1) is 12.9. The Bertz CT molecular complexity index is 463. The number of fused-ring (bicyclic) bond motifs is 1. The Hall–Kier alpha value is -1.51. The molecule has 1 aliphatic heterocycles. The Morgan fingerprint density at radius 2 is 2.22 bits per heavy atom. The van der Waals surface area contributed by atoms with E-state index in [0.717, 1.165) is 17.7 Å². The highest BCUT2D eigenvalue weighted by Crippen LogP contribution is 2.41. The summed E-state index contributed by atoms with van der Waals surface area (Å²) >= 11 is 0. The first-order chi connectivity index (χ1) is 8.44. The second kappa shape index (κ2) is 4.63. The van der Waals surface area contributed by atoms with Gasteiger partial charge in [0.05, 0.1) is 18.3 Å². The van der Waals surface area contributed by atoms with Gasteiger partial charge in [-0.3, -0.25) is 0 Å². The number of esters is 1. The van der Waals surface area contributed by atoms with Gasteiger partial charge in [0, 0.05) is 5.56 Å². The van der Waals surface area contributed by atoms with Gasteiger partial charge in [-0.2, -0.15) is 0 Å². The van der Waals surface area contributed by atoms with Crippen molar-refractivity contribution in [1.29, 1.82) is 0 Å². The SMILES string of the molecule is CCOC(=O)c1ccc2c(c1)C(C)(C)CC(C)O2. The largest absolute Gasteiger partial charge is 0.490 e. The molecule has 2 rings (SSSR count). The number of hydrogen-bond donors (Lipinski definition) is 0. The summed E-state index contributed by atoms with van der Waals surface area (Å²) in [6.07, 6.45) is 1.16. The number of benzene rings is 1. The third kappa shape index (κ3) is 2.35. The van der Waals surface area contributed by atoms with Crippen LogP contribution in [-0.4, -0.2) is 18.7 Å². The van der Waals surface area contributed by atoms with E-state index in [1.54, 1.807) is 6.07 Å². The van der Waals surface area contributed by atoms with Crippen molar-refractivity contribution < 1.29 is 14.3 Å². The highest BCUT2D eigenvalue weighted by atomic mass is 16.5. The van der Waals surface area contributed by atoms with E-state index >= 15 is 0 Å². The quantitative estimate of drug-likeness (QED) is 0.753. The third-order valence-corrected chi connectivity index (χ3v) is 3.35. The molecule has 0 fully saturated rings. The molecular weight excluding hydrogens is 228 g/mol. The van der Waals surface area contributed by atoms with Crippen LogP contribution in [0.25, 0.3) is 0 Å². The van der Waals surface area contributed by atoms with E-state index in [1.165, 1.54) is 0 Å². The molecular formula is C15H20O3. The van der Waals surface area contributed by atoms with Crippen molar-refractivity contribution >= 4 is 5.97 Å². The summed E-state index contributed by atoms with van der Waals surface area (Å²) in [6, 6.07) is 5.54. The first-order valence-corrected chi connectivity index (χ1v) is 6.42. The zero-order chi connectivity index (χ0) is 13.3. The van der Waals surface area contributed by atoms with Gasteiger partial charge < -0.3 is 9.47 Å². The smallest absolute Gasteiger partial charge is 0.338 e. The Morgan fingerprint density at radius 3 is 2.89 bits per heavy atom. The molecule has 1 aromatic carbocycles. The number of hydrogen-bond acceptors (Lipinski definition) is 3. The van der Waals surface area contributed by atoms with Gasteiger partial charge in [-0.1, -0.05) is 13.8 Å². The number of rotatable bonds is 2. The molecule has 1 aromatic rings. The summed E-state index contributed by atoms with van der Waals surface area (Å²) in [5, 5.41) is 0. The van der Waals surface area contributed by atoms with Gasteiger partial charge in [0.1, 0.15) is 5.75 Å². The van der Waals surface area contributed by atoms with Crippen molar-refractivity contribution in [3.05, 3.63) is 29.3 Å². The molecule has 3 nitrogen and oxygen atoms in total. The number of ether oxygens (including phenoxy) is 2. The second-order valence-electron chi connectivity index (χ2n) is 5.45. The van der Waals surface area contributed by atoms with E-state index in [1.807, 2.05) is 19.1 Å². The van der Waals surface area contributed by atoms with Crippen LogP contribution in [0.3, 0.4) is 0 Å². The minimum atomic E-state index is -0.269. The zero-order valence-corrected chi connectivity index (χ0v) is 11.4. The molecule has 1 heterocycles. The lowest BCUT2D eigenvalue weighted by Crippen LogP contribution is -2.32. The van der Waals surface area contributed by atoms with Gasteiger partial charge in [0.15, 0.2) is 0 Å². The maximum Gasteiger partial charge on any atom is 0.338 e. The monoisotopic (exact) mass is 248 g/mol. The lowest BCUT2D eigenvalue weighted by Gasteiger charge is -2.36. The molecule has 0 N–H and O–H groups in total.